The second-order valence-electron chi connectivity index (χ2n) is 4.08. The van der Waals surface area contributed by atoms with Crippen LogP contribution in [0.3, 0.4) is 0 Å². The van der Waals surface area contributed by atoms with Gasteiger partial charge in [0.25, 0.3) is 0 Å². The van der Waals surface area contributed by atoms with Crippen LogP contribution in [0.1, 0.15) is 18.2 Å². The minimum absolute atomic E-state index is 0.0388. The van der Waals surface area contributed by atoms with Gasteiger partial charge in [-0.15, -0.1) is 11.3 Å². The lowest BCUT2D eigenvalue weighted by molar-refractivity contribution is -0.122. The van der Waals surface area contributed by atoms with Crippen LogP contribution in [0.5, 0.6) is 0 Å². The van der Waals surface area contributed by atoms with Gasteiger partial charge < -0.3 is 11.1 Å². The van der Waals surface area contributed by atoms with Crippen LogP contribution in [0.2, 0.25) is 0 Å². The highest BCUT2D eigenvalue weighted by molar-refractivity contribution is 7.98. The molecule has 0 fully saturated rings. The van der Waals surface area contributed by atoms with E-state index in [-0.39, 0.29) is 18.0 Å². The number of amides is 1. The molecule has 2 atom stereocenters. The SMILES string of the molecule is CSCC[C@@H](N)C(=O)NC(C)Cc1cccs1. The summed E-state index contributed by atoms with van der Waals surface area (Å²) in [6.45, 7) is 2.01. The van der Waals surface area contributed by atoms with E-state index in [1.807, 2.05) is 24.6 Å². The number of hydrogen-bond donors (Lipinski definition) is 2. The van der Waals surface area contributed by atoms with Crippen molar-refractivity contribution in [3.05, 3.63) is 22.4 Å². The van der Waals surface area contributed by atoms with E-state index >= 15 is 0 Å². The first-order chi connectivity index (χ1) is 8.13. The molecule has 1 rings (SSSR count). The molecule has 3 N–H and O–H groups in total. The molecular formula is C12H20N2OS2. The maximum atomic E-state index is 11.7. The molecule has 0 spiro atoms. The average molecular weight is 272 g/mol. The van der Waals surface area contributed by atoms with Crippen LogP contribution in [0, 0.1) is 0 Å². The number of thioether (sulfide) groups is 1. The normalized spacial score (nSPS) is 14.3. The molecule has 0 aromatic carbocycles. The predicted octanol–water partition coefficient (Wildman–Crippen LogP) is 1.88. The predicted molar refractivity (Wildman–Crippen MR) is 76.6 cm³/mol. The largest absolute Gasteiger partial charge is 0.352 e. The topological polar surface area (TPSA) is 55.1 Å². The lowest BCUT2D eigenvalue weighted by Crippen LogP contribution is -2.45. The van der Waals surface area contributed by atoms with E-state index in [4.69, 9.17) is 5.73 Å². The van der Waals surface area contributed by atoms with Gasteiger partial charge in [-0.05, 0) is 36.8 Å². The standard InChI is InChI=1S/C12H20N2OS2/c1-9(8-10-4-3-6-17-10)14-12(15)11(13)5-7-16-2/h3-4,6,9,11H,5,7-8,13H2,1-2H3,(H,14,15)/t9?,11-/m1/s1. The Hall–Kier alpha value is -0.520. The molecule has 17 heavy (non-hydrogen) atoms. The summed E-state index contributed by atoms with van der Waals surface area (Å²) in [7, 11) is 0. The van der Waals surface area contributed by atoms with Gasteiger partial charge in [-0.3, -0.25) is 4.79 Å². The van der Waals surface area contributed by atoms with Crippen molar-refractivity contribution in [2.24, 2.45) is 5.73 Å². The molecule has 0 saturated carbocycles. The van der Waals surface area contributed by atoms with Crippen molar-refractivity contribution in [1.29, 1.82) is 0 Å². The Kier molecular flexibility index (Phi) is 6.62. The third-order valence-electron chi connectivity index (χ3n) is 2.45. The molecule has 96 valence electrons. The minimum atomic E-state index is -0.381. The lowest BCUT2D eigenvalue weighted by atomic mass is 10.1. The monoisotopic (exact) mass is 272 g/mol. The highest BCUT2D eigenvalue weighted by atomic mass is 32.2. The van der Waals surface area contributed by atoms with Crippen molar-refractivity contribution < 1.29 is 4.79 Å². The maximum absolute atomic E-state index is 11.7. The lowest BCUT2D eigenvalue weighted by Gasteiger charge is -2.16. The maximum Gasteiger partial charge on any atom is 0.237 e. The van der Waals surface area contributed by atoms with Crippen LogP contribution < -0.4 is 11.1 Å². The summed E-state index contributed by atoms with van der Waals surface area (Å²) in [5.41, 5.74) is 5.80. The van der Waals surface area contributed by atoms with Crippen LogP contribution in [0.4, 0.5) is 0 Å². The van der Waals surface area contributed by atoms with Crippen molar-refractivity contribution in [3.63, 3.8) is 0 Å². The smallest absolute Gasteiger partial charge is 0.237 e. The van der Waals surface area contributed by atoms with Gasteiger partial charge in [-0.1, -0.05) is 6.07 Å². The second kappa shape index (κ2) is 7.74. The third kappa shape index (κ3) is 5.57. The molecule has 1 aromatic heterocycles. The molecule has 0 aliphatic heterocycles. The molecule has 0 aliphatic rings. The van der Waals surface area contributed by atoms with E-state index in [1.165, 1.54) is 4.88 Å². The molecule has 0 saturated heterocycles. The van der Waals surface area contributed by atoms with Crippen LogP contribution in [0.25, 0.3) is 0 Å². The first-order valence-electron chi connectivity index (χ1n) is 5.70. The van der Waals surface area contributed by atoms with Crippen molar-refractivity contribution in [2.45, 2.75) is 31.8 Å². The molecule has 5 heteroatoms. The fourth-order valence-corrected chi connectivity index (χ4v) is 2.83. The van der Waals surface area contributed by atoms with Crippen LogP contribution in [-0.2, 0) is 11.2 Å². The first kappa shape index (κ1) is 14.5. The van der Waals surface area contributed by atoms with Gasteiger partial charge in [0.15, 0.2) is 0 Å². The van der Waals surface area contributed by atoms with Crippen LogP contribution in [0.15, 0.2) is 17.5 Å². The molecular weight excluding hydrogens is 252 g/mol. The highest BCUT2D eigenvalue weighted by Crippen LogP contribution is 2.11. The van der Waals surface area contributed by atoms with Gasteiger partial charge in [0.1, 0.15) is 0 Å². The fraction of sp³-hybridized carbons (Fsp3) is 0.583. The van der Waals surface area contributed by atoms with Crippen LogP contribution >= 0.6 is 23.1 Å². The van der Waals surface area contributed by atoms with E-state index in [0.717, 1.165) is 18.6 Å². The Labute approximate surface area is 111 Å². The van der Waals surface area contributed by atoms with Crippen LogP contribution in [-0.4, -0.2) is 30.0 Å². The van der Waals surface area contributed by atoms with Gasteiger partial charge in [0.2, 0.25) is 5.91 Å². The first-order valence-corrected chi connectivity index (χ1v) is 7.98. The van der Waals surface area contributed by atoms with Gasteiger partial charge in [-0.25, -0.2) is 0 Å². The Morgan fingerprint density at radius 1 is 1.65 bits per heavy atom. The van der Waals surface area contributed by atoms with E-state index in [9.17, 15) is 4.79 Å². The quantitative estimate of drug-likeness (QED) is 0.797. The number of nitrogens with two attached hydrogens (primary N) is 1. The van der Waals surface area contributed by atoms with Gasteiger partial charge in [0, 0.05) is 17.3 Å². The summed E-state index contributed by atoms with van der Waals surface area (Å²) in [6, 6.07) is 3.87. The Morgan fingerprint density at radius 3 is 3.00 bits per heavy atom. The number of nitrogens with one attached hydrogen (secondary N) is 1. The summed E-state index contributed by atoms with van der Waals surface area (Å²) in [5, 5.41) is 5.01. The Bertz CT molecular complexity index is 327. The number of carbonyl (C=O) groups is 1. The van der Waals surface area contributed by atoms with Gasteiger partial charge >= 0.3 is 0 Å². The molecule has 0 aliphatic carbocycles. The zero-order valence-corrected chi connectivity index (χ0v) is 11.9. The van der Waals surface area contributed by atoms with Crippen molar-refractivity contribution in [3.8, 4) is 0 Å². The zero-order chi connectivity index (χ0) is 12.7. The fourth-order valence-electron chi connectivity index (χ4n) is 1.51. The Morgan fingerprint density at radius 2 is 2.41 bits per heavy atom. The highest BCUT2D eigenvalue weighted by Gasteiger charge is 2.15. The third-order valence-corrected chi connectivity index (χ3v) is 3.99. The molecule has 0 bridgehead atoms. The molecule has 0 radical (unpaired) electrons. The number of thiophene rings is 1. The number of hydrogen-bond acceptors (Lipinski definition) is 4. The summed E-state index contributed by atoms with van der Waals surface area (Å²) in [4.78, 5) is 13.0. The average Bonchev–Trinajstić information content (AvgIpc) is 2.78. The van der Waals surface area contributed by atoms with Crippen molar-refractivity contribution in [2.75, 3.05) is 12.0 Å². The molecule has 1 heterocycles. The summed E-state index contributed by atoms with van der Waals surface area (Å²) in [6.07, 6.45) is 3.63. The molecule has 1 amide bonds. The Balaban J connectivity index is 2.30. The van der Waals surface area contributed by atoms with Gasteiger partial charge in [-0.2, -0.15) is 11.8 Å². The second-order valence-corrected chi connectivity index (χ2v) is 6.10. The summed E-state index contributed by atoms with van der Waals surface area (Å²) < 4.78 is 0. The van der Waals surface area contributed by atoms with Crippen molar-refractivity contribution in [1.82, 2.24) is 5.32 Å². The summed E-state index contributed by atoms with van der Waals surface area (Å²) in [5.74, 6) is 0.886. The van der Waals surface area contributed by atoms with E-state index in [2.05, 4.69) is 11.4 Å². The molecule has 1 aromatic rings. The number of rotatable bonds is 7. The van der Waals surface area contributed by atoms with Gasteiger partial charge in [0.05, 0.1) is 6.04 Å². The van der Waals surface area contributed by atoms with Crippen molar-refractivity contribution >= 4 is 29.0 Å². The number of carbonyl (C=O) groups excluding carboxylic acids is 1. The summed E-state index contributed by atoms with van der Waals surface area (Å²) >= 11 is 3.43. The van der Waals surface area contributed by atoms with E-state index < -0.39 is 0 Å². The van der Waals surface area contributed by atoms with E-state index in [0.29, 0.717) is 0 Å². The minimum Gasteiger partial charge on any atom is -0.352 e. The molecule has 1 unspecified atom stereocenters. The molecule has 3 nitrogen and oxygen atoms in total. The zero-order valence-electron chi connectivity index (χ0n) is 10.3. The van der Waals surface area contributed by atoms with E-state index in [1.54, 1.807) is 23.1 Å².